The molecule has 110 valence electrons. The molecule has 1 rings (SSSR count). The van der Waals surface area contributed by atoms with Crippen LogP contribution in [0.4, 0.5) is 0 Å². The number of aryl methyl sites for hydroxylation is 1. The summed E-state index contributed by atoms with van der Waals surface area (Å²) in [6.07, 6.45) is 2.13. The minimum atomic E-state index is -0.212. The quantitative estimate of drug-likeness (QED) is 0.584. The fourth-order valence-corrected chi connectivity index (χ4v) is 2.18. The molecule has 1 N–H and O–H groups in total. The van der Waals surface area contributed by atoms with Crippen LogP contribution in [0.2, 0.25) is 0 Å². The third-order valence-electron chi connectivity index (χ3n) is 2.71. The fourth-order valence-electron chi connectivity index (χ4n) is 1.73. The molecule has 0 aromatic heterocycles. The maximum absolute atomic E-state index is 11.6. The Morgan fingerprint density at radius 3 is 2.80 bits per heavy atom. The van der Waals surface area contributed by atoms with Gasteiger partial charge >= 0.3 is 5.97 Å². The number of ether oxygens (including phenoxy) is 1. The van der Waals surface area contributed by atoms with Gasteiger partial charge in [0.1, 0.15) is 0 Å². The zero-order valence-corrected chi connectivity index (χ0v) is 13.2. The number of carbonyl (C=O) groups is 2. The lowest BCUT2D eigenvalue weighted by atomic mass is 10.1. The molecule has 0 atom stereocenters. The molecule has 5 heteroatoms. The summed E-state index contributed by atoms with van der Waals surface area (Å²) in [6.45, 7) is 2.69. The SMILES string of the molecule is CCOC(=O)CCCNC(=O)CCc1cccc(Br)c1. The van der Waals surface area contributed by atoms with Crippen LogP contribution >= 0.6 is 15.9 Å². The average molecular weight is 342 g/mol. The Hall–Kier alpha value is -1.36. The molecular weight excluding hydrogens is 322 g/mol. The first-order chi connectivity index (χ1) is 9.61. The highest BCUT2D eigenvalue weighted by Gasteiger charge is 2.04. The van der Waals surface area contributed by atoms with Crippen LogP contribution in [0.3, 0.4) is 0 Å². The van der Waals surface area contributed by atoms with Gasteiger partial charge in [0.25, 0.3) is 0 Å². The van der Waals surface area contributed by atoms with Crippen LogP contribution in [-0.4, -0.2) is 25.0 Å². The van der Waals surface area contributed by atoms with Gasteiger partial charge in [-0.2, -0.15) is 0 Å². The second kappa shape index (κ2) is 9.53. The number of esters is 1. The molecule has 0 spiro atoms. The molecule has 0 radical (unpaired) electrons. The number of benzene rings is 1. The van der Waals surface area contributed by atoms with E-state index in [9.17, 15) is 9.59 Å². The monoisotopic (exact) mass is 341 g/mol. The maximum atomic E-state index is 11.6. The minimum absolute atomic E-state index is 0.00818. The van der Waals surface area contributed by atoms with Crippen molar-refractivity contribution in [3.8, 4) is 0 Å². The summed E-state index contributed by atoms with van der Waals surface area (Å²) in [7, 11) is 0. The Morgan fingerprint density at radius 1 is 1.30 bits per heavy atom. The lowest BCUT2D eigenvalue weighted by Crippen LogP contribution is -2.25. The molecule has 20 heavy (non-hydrogen) atoms. The van der Waals surface area contributed by atoms with Crippen LogP contribution in [0.25, 0.3) is 0 Å². The smallest absolute Gasteiger partial charge is 0.305 e. The average Bonchev–Trinajstić information content (AvgIpc) is 2.42. The van der Waals surface area contributed by atoms with Crippen molar-refractivity contribution in [2.24, 2.45) is 0 Å². The van der Waals surface area contributed by atoms with Crippen LogP contribution in [0, 0.1) is 0 Å². The van der Waals surface area contributed by atoms with Crippen LogP contribution in [0.1, 0.15) is 31.7 Å². The van der Waals surface area contributed by atoms with Crippen molar-refractivity contribution >= 4 is 27.8 Å². The number of rotatable bonds is 8. The molecule has 1 aromatic carbocycles. The van der Waals surface area contributed by atoms with E-state index in [0.717, 1.165) is 10.0 Å². The normalized spacial score (nSPS) is 10.1. The molecule has 0 bridgehead atoms. The Labute approximate surface area is 128 Å². The van der Waals surface area contributed by atoms with E-state index in [2.05, 4.69) is 21.2 Å². The van der Waals surface area contributed by atoms with E-state index in [1.165, 1.54) is 0 Å². The maximum Gasteiger partial charge on any atom is 0.305 e. The van der Waals surface area contributed by atoms with E-state index in [1.54, 1.807) is 6.92 Å². The van der Waals surface area contributed by atoms with Gasteiger partial charge in [0, 0.05) is 23.9 Å². The molecule has 1 aromatic rings. The van der Waals surface area contributed by atoms with E-state index in [0.29, 0.717) is 38.8 Å². The van der Waals surface area contributed by atoms with E-state index < -0.39 is 0 Å². The van der Waals surface area contributed by atoms with Gasteiger partial charge in [0.15, 0.2) is 0 Å². The molecule has 0 fully saturated rings. The third kappa shape index (κ3) is 7.28. The molecule has 0 aliphatic heterocycles. The van der Waals surface area contributed by atoms with Gasteiger partial charge in [-0.1, -0.05) is 28.1 Å². The van der Waals surface area contributed by atoms with Gasteiger partial charge in [0.2, 0.25) is 5.91 Å². The van der Waals surface area contributed by atoms with Gasteiger partial charge in [0.05, 0.1) is 6.61 Å². The van der Waals surface area contributed by atoms with E-state index in [1.807, 2.05) is 24.3 Å². The first-order valence-electron chi connectivity index (χ1n) is 6.78. The molecule has 1 amide bonds. The number of carbonyl (C=O) groups excluding carboxylic acids is 2. The van der Waals surface area contributed by atoms with Crippen LogP contribution in [0.15, 0.2) is 28.7 Å². The number of halogens is 1. The molecule has 4 nitrogen and oxygen atoms in total. The molecule has 0 unspecified atom stereocenters. The number of amides is 1. The van der Waals surface area contributed by atoms with Crippen molar-refractivity contribution in [1.82, 2.24) is 5.32 Å². The molecule has 0 saturated heterocycles. The summed E-state index contributed by atoms with van der Waals surface area (Å²) in [5, 5.41) is 2.81. The van der Waals surface area contributed by atoms with Crippen molar-refractivity contribution in [3.05, 3.63) is 34.3 Å². The topological polar surface area (TPSA) is 55.4 Å². The standard InChI is InChI=1S/C15H20BrNO3/c1-2-20-15(19)7-4-10-17-14(18)9-8-12-5-3-6-13(16)11-12/h3,5-6,11H,2,4,7-10H2,1H3,(H,17,18). The fraction of sp³-hybridized carbons (Fsp3) is 0.467. The summed E-state index contributed by atoms with van der Waals surface area (Å²) in [5.41, 5.74) is 1.13. The number of hydrogen-bond acceptors (Lipinski definition) is 3. The van der Waals surface area contributed by atoms with Gasteiger partial charge in [-0.25, -0.2) is 0 Å². The predicted molar refractivity (Wildman–Crippen MR) is 81.3 cm³/mol. The van der Waals surface area contributed by atoms with E-state index in [4.69, 9.17) is 4.74 Å². The zero-order valence-electron chi connectivity index (χ0n) is 11.7. The lowest BCUT2D eigenvalue weighted by molar-refractivity contribution is -0.143. The zero-order chi connectivity index (χ0) is 14.8. The summed E-state index contributed by atoms with van der Waals surface area (Å²) < 4.78 is 5.83. The highest BCUT2D eigenvalue weighted by molar-refractivity contribution is 9.10. The minimum Gasteiger partial charge on any atom is -0.466 e. The third-order valence-corrected chi connectivity index (χ3v) is 3.21. The van der Waals surface area contributed by atoms with Crippen molar-refractivity contribution in [3.63, 3.8) is 0 Å². The molecule has 0 aliphatic rings. The number of nitrogens with one attached hydrogen (secondary N) is 1. The van der Waals surface area contributed by atoms with E-state index >= 15 is 0 Å². The van der Waals surface area contributed by atoms with Crippen LogP contribution < -0.4 is 5.32 Å². The van der Waals surface area contributed by atoms with Crippen molar-refractivity contribution in [2.75, 3.05) is 13.2 Å². The highest BCUT2D eigenvalue weighted by Crippen LogP contribution is 2.12. The second-order valence-electron chi connectivity index (χ2n) is 4.39. The van der Waals surface area contributed by atoms with Gasteiger partial charge in [-0.05, 0) is 37.5 Å². The van der Waals surface area contributed by atoms with Gasteiger partial charge in [-0.3, -0.25) is 9.59 Å². The van der Waals surface area contributed by atoms with Crippen molar-refractivity contribution in [1.29, 1.82) is 0 Å². The Bertz CT molecular complexity index is 448. The van der Waals surface area contributed by atoms with Crippen LogP contribution in [0.5, 0.6) is 0 Å². The summed E-state index contributed by atoms with van der Waals surface area (Å²) in [4.78, 5) is 22.7. The first-order valence-corrected chi connectivity index (χ1v) is 7.58. The largest absolute Gasteiger partial charge is 0.466 e. The van der Waals surface area contributed by atoms with Gasteiger partial charge < -0.3 is 10.1 Å². The molecule has 0 aliphatic carbocycles. The summed E-state index contributed by atoms with van der Waals surface area (Å²) in [6, 6.07) is 7.92. The summed E-state index contributed by atoms with van der Waals surface area (Å²) in [5.74, 6) is -0.204. The van der Waals surface area contributed by atoms with E-state index in [-0.39, 0.29) is 11.9 Å². The molecule has 0 heterocycles. The molecular formula is C15H20BrNO3. The Morgan fingerprint density at radius 2 is 2.10 bits per heavy atom. The highest BCUT2D eigenvalue weighted by atomic mass is 79.9. The van der Waals surface area contributed by atoms with Crippen molar-refractivity contribution < 1.29 is 14.3 Å². The summed E-state index contributed by atoms with van der Waals surface area (Å²) >= 11 is 3.40. The van der Waals surface area contributed by atoms with Crippen LogP contribution in [-0.2, 0) is 20.7 Å². The number of hydrogen-bond donors (Lipinski definition) is 1. The van der Waals surface area contributed by atoms with Gasteiger partial charge in [-0.15, -0.1) is 0 Å². The van der Waals surface area contributed by atoms with Crippen molar-refractivity contribution in [2.45, 2.75) is 32.6 Å². The predicted octanol–water partition coefficient (Wildman–Crippen LogP) is 2.84. The molecule has 0 saturated carbocycles. The lowest BCUT2D eigenvalue weighted by Gasteiger charge is -2.05. The Kier molecular flexibility index (Phi) is 7.95. The second-order valence-corrected chi connectivity index (χ2v) is 5.30. The Balaban J connectivity index is 2.13. The first kappa shape index (κ1) is 16.7.